The van der Waals surface area contributed by atoms with Crippen molar-refractivity contribution in [2.75, 3.05) is 25.0 Å². The summed E-state index contributed by atoms with van der Waals surface area (Å²) in [7, 11) is 0. The van der Waals surface area contributed by atoms with E-state index in [0.29, 0.717) is 5.95 Å². The first-order valence-electron chi connectivity index (χ1n) is 4.25. The summed E-state index contributed by atoms with van der Waals surface area (Å²) in [5, 5.41) is 6.09. The summed E-state index contributed by atoms with van der Waals surface area (Å²) in [6, 6.07) is 0. The second-order valence-electron chi connectivity index (χ2n) is 2.51. The van der Waals surface area contributed by atoms with E-state index in [1.807, 2.05) is 6.92 Å². The van der Waals surface area contributed by atoms with Crippen LogP contribution in [0, 0.1) is 5.82 Å². The van der Waals surface area contributed by atoms with E-state index in [1.54, 1.807) is 0 Å². The van der Waals surface area contributed by atoms with Crippen LogP contribution in [-0.4, -0.2) is 29.6 Å². The van der Waals surface area contributed by atoms with Crippen molar-refractivity contribution in [2.45, 2.75) is 6.92 Å². The molecule has 0 saturated heterocycles. The van der Waals surface area contributed by atoms with Gasteiger partial charge in [-0.3, -0.25) is 0 Å². The van der Waals surface area contributed by atoms with Gasteiger partial charge in [0.25, 0.3) is 0 Å². The van der Waals surface area contributed by atoms with Gasteiger partial charge in [-0.1, -0.05) is 6.92 Å². The number of hydrogen-bond acceptors (Lipinski definition) is 4. The Morgan fingerprint density at radius 3 is 2.62 bits per heavy atom. The quantitative estimate of drug-likeness (QED) is 0.659. The molecule has 1 heterocycles. The van der Waals surface area contributed by atoms with Crippen LogP contribution in [0.3, 0.4) is 0 Å². The Hall–Kier alpha value is -1.23. The fraction of sp³-hybridized carbons (Fsp3) is 0.500. The minimum Gasteiger partial charge on any atom is -0.353 e. The molecular weight excluding hydrogens is 171 g/mol. The van der Waals surface area contributed by atoms with Crippen molar-refractivity contribution in [3.63, 3.8) is 0 Å². The van der Waals surface area contributed by atoms with Gasteiger partial charge in [-0.25, -0.2) is 14.4 Å². The van der Waals surface area contributed by atoms with Crippen LogP contribution in [0.2, 0.25) is 0 Å². The zero-order valence-electron chi connectivity index (χ0n) is 7.55. The smallest absolute Gasteiger partial charge is 0.222 e. The van der Waals surface area contributed by atoms with E-state index in [-0.39, 0.29) is 0 Å². The number of aromatic nitrogens is 2. The summed E-state index contributed by atoms with van der Waals surface area (Å²) in [4.78, 5) is 7.50. The van der Waals surface area contributed by atoms with Gasteiger partial charge in [-0.15, -0.1) is 0 Å². The Morgan fingerprint density at radius 2 is 2.00 bits per heavy atom. The molecule has 0 aromatic carbocycles. The molecule has 0 radical (unpaired) electrons. The van der Waals surface area contributed by atoms with Gasteiger partial charge >= 0.3 is 0 Å². The van der Waals surface area contributed by atoms with E-state index >= 15 is 0 Å². The van der Waals surface area contributed by atoms with Crippen LogP contribution in [0.4, 0.5) is 10.3 Å². The van der Waals surface area contributed by atoms with Gasteiger partial charge in [0.15, 0.2) is 5.82 Å². The van der Waals surface area contributed by atoms with Crippen molar-refractivity contribution in [3.8, 4) is 0 Å². The molecule has 0 saturated carbocycles. The molecule has 0 amide bonds. The highest BCUT2D eigenvalue weighted by Gasteiger charge is 1.94. The van der Waals surface area contributed by atoms with Gasteiger partial charge < -0.3 is 10.6 Å². The molecule has 2 N–H and O–H groups in total. The zero-order chi connectivity index (χ0) is 9.52. The van der Waals surface area contributed by atoms with E-state index in [0.717, 1.165) is 32.0 Å². The molecule has 1 aromatic rings. The normalized spacial score (nSPS) is 10.0. The van der Waals surface area contributed by atoms with Gasteiger partial charge in [0.05, 0.1) is 12.4 Å². The lowest BCUT2D eigenvalue weighted by molar-refractivity contribution is 0.614. The molecule has 1 rings (SSSR count). The molecule has 0 fully saturated rings. The maximum Gasteiger partial charge on any atom is 0.222 e. The van der Waals surface area contributed by atoms with Crippen molar-refractivity contribution in [1.29, 1.82) is 0 Å². The van der Waals surface area contributed by atoms with Crippen LogP contribution in [0.25, 0.3) is 0 Å². The number of likely N-dealkylation sites (N-methyl/N-ethyl adjacent to an activating group) is 1. The summed E-state index contributed by atoms with van der Waals surface area (Å²) < 4.78 is 12.4. The van der Waals surface area contributed by atoms with Gasteiger partial charge in [0.2, 0.25) is 5.95 Å². The molecule has 0 bridgehead atoms. The first-order valence-corrected chi connectivity index (χ1v) is 4.25. The van der Waals surface area contributed by atoms with E-state index in [2.05, 4.69) is 20.6 Å². The summed E-state index contributed by atoms with van der Waals surface area (Å²) >= 11 is 0. The van der Waals surface area contributed by atoms with Gasteiger partial charge in [0, 0.05) is 13.1 Å². The summed E-state index contributed by atoms with van der Waals surface area (Å²) in [5.74, 6) is 0.0385. The standard InChI is InChI=1S/C8H13FN4/c1-2-10-3-4-11-8-12-5-7(9)6-13-8/h5-6,10H,2-4H2,1H3,(H,11,12,13). The van der Waals surface area contributed by atoms with E-state index < -0.39 is 5.82 Å². The molecule has 4 nitrogen and oxygen atoms in total. The minimum absolute atomic E-state index is 0.419. The Labute approximate surface area is 76.6 Å². The van der Waals surface area contributed by atoms with Gasteiger partial charge in [-0.2, -0.15) is 0 Å². The fourth-order valence-corrected chi connectivity index (χ4v) is 0.843. The molecule has 0 unspecified atom stereocenters. The van der Waals surface area contributed by atoms with Crippen LogP contribution in [-0.2, 0) is 0 Å². The molecule has 13 heavy (non-hydrogen) atoms. The molecule has 72 valence electrons. The van der Waals surface area contributed by atoms with Crippen molar-refractivity contribution in [3.05, 3.63) is 18.2 Å². The van der Waals surface area contributed by atoms with E-state index in [4.69, 9.17) is 0 Å². The van der Waals surface area contributed by atoms with Crippen molar-refractivity contribution < 1.29 is 4.39 Å². The number of hydrogen-bond donors (Lipinski definition) is 2. The lowest BCUT2D eigenvalue weighted by atomic mass is 10.6. The van der Waals surface area contributed by atoms with E-state index in [9.17, 15) is 4.39 Å². The Bertz CT molecular complexity index is 236. The van der Waals surface area contributed by atoms with Crippen LogP contribution in [0.1, 0.15) is 6.92 Å². The Balaban J connectivity index is 2.25. The molecule has 0 aliphatic carbocycles. The molecule has 0 atom stereocenters. The molecular formula is C8H13FN4. The van der Waals surface area contributed by atoms with Gasteiger partial charge in [0.1, 0.15) is 0 Å². The average Bonchev–Trinajstić information content (AvgIpc) is 2.15. The minimum atomic E-state index is -0.419. The lowest BCUT2D eigenvalue weighted by Gasteiger charge is -2.03. The summed E-state index contributed by atoms with van der Waals surface area (Å²) in [6.45, 7) is 4.55. The predicted octanol–water partition coefficient (Wildman–Crippen LogP) is 0.637. The van der Waals surface area contributed by atoms with E-state index in [1.165, 1.54) is 0 Å². The molecule has 0 aliphatic rings. The fourth-order valence-electron chi connectivity index (χ4n) is 0.843. The predicted molar refractivity (Wildman–Crippen MR) is 49.0 cm³/mol. The average molecular weight is 184 g/mol. The third kappa shape index (κ3) is 3.80. The number of nitrogens with zero attached hydrogens (tertiary/aromatic N) is 2. The molecule has 0 spiro atoms. The number of anilines is 1. The molecule has 5 heteroatoms. The van der Waals surface area contributed by atoms with Crippen molar-refractivity contribution in [1.82, 2.24) is 15.3 Å². The van der Waals surface area contributed by atoms with Crippen molar-refractivity contribution >= 4 is 5.95 Å². The zero-order valence-corrected chi connectivity index (χ0v) is 7.55. The van der Waals surface area contributed by atoms with Crippen LogP contribution in [0.5, 0.6) is 0 Å². The second kappa shape index (κ2) is 5.42. The Morgan fingerprint density at radius 1 is 1.31 bits per heavy atom. The monoisotopic (exact) mass is 184 g/mol. The molecule has 0 aliphatic heterocycles. The van der Waals surface area contributed by atoms with Crippen LogP contribution >= 0.6 is 0 Å². The third-order valence-electron chi connectivity index (χ3n) is 1.46. The largest absolute Gasteiger partial charge is 0.353 e. The maximum absolute atomic E-state index is 12.4. The molecule has 1 aromatic heterocycles. The van der Waals surface area contributed by atoms with Gasteiger partial charge in [-0.05, 0) is 6.54 Å². The van der Waals surface area contributed by atoms with Crippen LogP contribution in [0.15, 0.2) is 12.4 Å². The highest BCUT2D eigenvalue weighted by molar-refractivity contribution is 5.22. The first-order chi connectivity index (χ1) is 6.33. The number of rotatable bonds is 5. The highest BCUT2D eigenvalue weighted by atomic mass is 19.1. The first kappa shape index (κ1) is 9.85. The number of nitrogens with one attached hydrogen (secondary N) is 2. The SMILES string of the molecule is CCNCCNc1ncc(F)cn1. The Kier molecular flexibility index (Phi) is 4.11. The second-order valence-corrected chi connectivity index (χ2v) is 2.51. The van der Waals surface area contributed by atoms with Crippen molar-refractivity contribution in [2.24, 2.45) is 0 Å². The van der Waals surface area contributed by atoms with Crippen LogP contribution < -0.4 is 10.6 Å². The third-order valence-corrected chi connectivity index (χ3v) is 1.46. The highest BCUT2D eigenvalue weighted by Crippen LogP contribution is 1.96. The number of halogens is 1. The maximum atomic E-state index is 12.4. The topological polar surface area (TPSA) is 49.8 Å². The summed E-state index contributed by atoms with van der Waals surface area (Å²) in [6.07, 6.45) is 2.28. The lowest BCUT2D eigenvalue weighted by Crippen LogP contribution is -2.22. The summed E-state index contributed by atoms with van der Waals surface area (Å²) in [5.41, 5.74) is 0.